The van der Waals surface area contributed by atoms with Crippen molar-refractivity contribution in [1.29, 1.82) is 0 Å². The molecule has 2 aromatic heterocycles. The summed E-state index contributed by atoms with van der Waals surface area (Å²) in [5.74, 6) is 1.86. The van der Waals surface area contributed by atoms with Gasteiger partial charge in [0.2, 0.25) is 0 Å². The molecule has 0 bridgehead atoms. The molecule has 0 spiro atoms. The summed E-state index contributed by atoms with van der Waals surface area (Å²) in [4.78, 5) is 0. The van der Waals surface area contributed by atoms with Crippen molar-refractivity contribution < 1.29 is 4.74 Å². The third kappa shape index (κ3) is 3.35. The van der Waals surface area contributed by atoms with Crippen LogP contribution in [-0.4, -0.2) is 27.7 Å². The van der Waals surface area contributed by atoms with Crippen molar-refractivity contribution in [3.8, 4) is 5.75 Å². The molecule has 2 unspecified atom stereocenters. The maximum atomic E-state index is 5.43. The SMILES string of the molecule is COc1ccccc1CC(C)NC(C)c1nnc2ccccn12. The smallest absolute Gasteiger partial charge is 0.160 e. The molecular formula is C18H22N4O. The van der Waals surface area contributed by atoms with E-state index in [1.165, 1.54) is 5.56 Å². The van der Waals surface area contributed by atoms with E-state index in [-0.39, 0.29) is 12.1 Å². The molecule has 0 saturated heterocycles. The zero-order chi connectivity index (χ0) is 16.2. The van der Waals surface area contributed by atoms with Gasteiger partial charge in [-0.25, -0.2) is 0 Å². The van der Waals surface area contributed by atoms with Gasteiger partial charge in [-0.3, -0.25) is 4.40 Å². The topological polar surface area (TPSA) is 51.5 Å². The molecule has 2 heterocycles. The summed E-state index contributed by atoms with van der Waals surface area (Å²) in [5.41, 5.74) is 2.07. The zero-order valence-corrected chi connectivity index (χ0v) is 13.7. The number of rotatable bonds is 6. The fraction of sp³-hybridized carbons (Fsp3) is 0.333. The summed E-state index contributed by atoms with van der Waals surface area (Å²) in [7, 11) is 1.71. The first-order valence-electron chi connectivity index (χ1n) is 7.86. The van der Waals surface area contributed by atoms with Crippen LogP contribution in [0.4, 0.5) is 0 Å². The van der Waals surface area contributed by atoms with Crippen LogP contribution in [0.1, 0.15) is 31.3 Å². The summed E-state index contributed by atoms with van der Waals surface area (Å²) >= 11 is 0. The Kier molecular flexibility index (Phi) is 4.57. The van der Waals surface area contributed by atoms with Gasteiger partial charge in [-0.2, -0.15) is 0 Å². The van der Waals surface area contributed by atoms with Crippen molar-refractivity contribution in [3.63, 3.8) is 0 Å². The summed E-state index contributed by atoms with van der Waals surface area (Å²) in [6.07, 6.45) is 2.89. The van der Waals surface area contributed by atoms with Gasteiger partial charge in [0.1, 0.15) is 5.75 Å². The Morgan fingerprint density at radius 3 is 2.70 bits per heavy atom. The van der Waals surface area contributed by atoms with E-state index in [2.05, 4.69) is 35.4 Å². The Labute approximate surface area is 136 Å². The average molecular weight is 310 g/mol. The minimum Gasteiger partial charge on any atom is -0.496 e. The second kappa shape index (κ2) is 6.79. The van der Waals surface area contributed by atoms with Gasteiger partial charge in [-0.15, -0.1) is 10.2 Å². The number of nitrogens with one attached hydrogen (secondary N) is 1. The van der Waals surface area contributed by atoms with Crippen LogP contribution in [0.5, 0.6) is 5.75 Å². The third-order valence-electron chi connectivity index (χ3n) is 3.98. The number of hydrogen-bond acceptors (Lipinski definition) is 4. The Morgan fingerprint density at radius 2 is 1.87 bits per heavy atom. The van der Waals surface area contributed by atoms with Crippen LogP contribution in [-0.2, 0) is 6.42 Å². The number of pyridine rings is 1. The van der Waals surface area contributed by atoms with Gasteiger partial charge in [0.05, 0.1) is 13.2 Å². The minimum absolute atomic E-state index is 0.108. The molecule has 3 rings (SSSR count). The molecule has 0 saturated carbocycles. The van der Waals surface area contributed by atoms with Crippen molar-refractivity contribution in [2.24, 2.45) is 0 Å². The van der Waals surface area contributed by atoms with Crippen LogP contribution in [0.25, 0.3) is 5.65 Å². The van der Waals surface area contributed by atoms with Gasteiger partial charge < -0.3 is 10.1 Å². The van der Waals surface area contributed by atoms with Gasteiger partial charge in [-0.05, 0) is 44.0 Å². The van der Waals surface area contributed by atoms with Gasteiger partial charge in [0, 0.05) is 12.2 Å². The van der Waals surface area contributed by atoms with Crippen LogP contribution < -0.4 is 10.1 Å². The zero-order valence-electron chi connectivity index (χ0n) is 13.7. The number of hydrogen-bond donors (Lipinski definition) is 1. The first kappa shape index (κ1) is 15.5. The summed E-state index contributed by atoms with van der Waals surface area (Å²) in [6, 6.07) is 14.5. The maximum absolute atomic E-state index is 5.43. The van der Waals surface area contributed by atoms with Crippen LogP contribution in [0, 0.1) is 0 Å². The van der Waals surface area contributed by atoms with E-state index >= 15 is 0 Å². The molecule has 3 aromatic rings. The van der Waals surface area contributed by atoms with E-state index in [9.17, 15) is 0 Å². The van der Waals surface area contributed by atoms with E-state index in [1.54, 1.807) is 7.11 Å². The number of methoxy groups -OCH3 is 1. The Morgan fingerprint density at radius 1 is 1.09 bits per heavy atom. The molecule has 1 aromatic carbocycles. The predicted molar refractivity (Wildman–Crippen MR) is 90.7 cm³/mol. The van der Waals surface area contributed by atoms with E-state index in [0.717, 1.165) is 23.6 Å². The Hall–Kier alpha value is -2.40. The fourth-order valence-corrected chi connectivity index (χ4v) is 2.92. The number of para-hydroxylation sites is 1. The molecule has 0 aliphatic carbocycles. The van der Waals surface area contributed by atoms with Crippen molar-refractivity contribution in [2.45, 2.75) is 32.4 Å². The molecular weight excluding hydrogens is 288 g/mol. The van der Waals surface area contributed by atoms with E-state index in [4.69, 9.17) is 4.74 Å². The molecule has 5 heteroatoms. The number of fused-ring (bicyclic) bond motifs is 1. The second-order valence-electron chi connectivity index (χ2n) is 5.79. The first-order chi connectivity index (χ1) is 11.2. The van der Waals surface area contributed by atoms with E-state index in [0.29, 0.717) is 0 Å². The van der Waals surface area contributed by atoms with Crippen LogP contribution in [0.2, 0.25) is 0 Å². The molecule has 0 amide bonds. The summed E-state index contributed by atoms with van der Waals surface area (Å²) in [5, 5.41) is 12.1. The second-order valence-corrected chi connectivity index (χ2v) is 5.79. The summed E-state index contributed by atoms with van der Waals surface area (Å²) < 4.78 is 7.45. The minimum atomic E-state index is 0.108. The lowest BCUT2D eigenvalue weighted by atomic mass is 10.1. The number of nitrogens with zero attached hydrogens (tertiary/aromatic N) is 3. The molecule has 0 aliphatic heterocycles. The molecule has 0 fully saturated rings. The molecule has 2 atom stereocenters. The van der Waals surface area contributed by atoms with Gasteiger partial charge >= 0.3 is 0 Å². The average Bonchev–Trinajstić information content (AvgIpc) is 2.99. The van der Waals surface area contributed by atoms with Crippen molar-refractivity contribution in [1.82, 2.24) is 19.9 Å². The standard InChI is InChI=1S/C18H22N4O/c1-13(12-15-8-4-5-9-16(15)23-3)19-14(2)18-21-20-17-10-6-7-11-22(17)18/h4-11,13-14,19H,12H2,1-3H3. The molecule has 1 N–H and O–H groups in total. The fourth-order valence-electron chi connectivity index (χ4n) is 2.92. The van der Waals surface area contributed by atoms with Gasteiger partial charge in [-0.1, -0.05) is 24.3 Å². The van der Waals surface area contributed by atoms with Crippen LogP contribution in [0.3, 0.4) is 0 Å². The maximum Gasteiger partial charge on any atom is 0.160 e. The van der Waals surface area contributed by atoms with E-state index < -0.39 is 0 Å². The molecule has 23 heavy (non-hydrogen) atoms. The highest BCUT2D eigenvalue weighted by atomic mass is 16.5. The van der Waals surface area contributed by atoms with Crippen LogP contribution in [0.15, 0.2) is 48.7 Å². The number of benzene rings is 1. The highest BCUT2D eigenvalue weighted by Gasteiger charge is 2.16. The molecule has 0 aliphatic rings. The quantitative estimate of drug-likeness (QED) is 0.760. The highest BCUT2D eigenvalue weighted by molar-refractivity contribution is 5.37. The van der Waals surface area contributed by atoms with Gasteiger partial charge in [0.25, 0.3) is 0 Å². The normalized spacial score (nSPS) is 13.9. The predicted octanol–water partition coefficient (Wildman–Crippen LogP) is 3.02. The Balaban J connectivity index is 1.71. The Bertz CT molecular complexity index is 783. The lowest BCUT2D eigenvalue weighted by Crippen LogP contribution is -2.31. The highest BCUT2D eigenvalue weighted by Crippen LogP contribution is 2.20. The monoisotopic (exact) mass is 310 g/mol. The summed E-state index contributed by atoms with van der Waals surface area (Å²) in [6.45, 7) is 4.29. The van der Waals surface area contributed by atoms with Crippen molar-refractivity contribution in [2.75, 3.05) is 7.11 Å². The number of ether oxygens (including phenoxy) is 1. The third-order valence-corrected chi connectivity index (χ3v) is 3.98. The lowest BCUT2D eigenvalue weighted by Gasteiger charge is -2.20. The molecule has 5 nitrogen and oxygen atoms in total. The van der Waals surface area contributed by atoms with Gasteiger partial charge in [0.15, 0.2) is 11.5 Å². The lowest BCUT2D eigenvalue weighted by molar-refractivity contribution is 0.402. The van der Waals surface area contributed by atoms with Crippen molar-refractivity contribution in [3.05, 3.63) is 60.0 Å². The van der Waals surface area contributed by atoms with Crippen LogP contribution >= 0.6 is 0 Å². The number of aromatic nitrogens is 3. The van der Waals surface area contributed by atoms with E-state index in [1.807, 2.05) is 47.0 Å². The molecule has 0 radical (unpaired) electrons. The largest absolute Gasteiger partial charge is 0.496 e. The molecule has 120 valence electrons. The van der Waals surface area contributed by atoms with Crippen molar-refractivity contribution >= 4 is 5.65 Å². The first-order valence-corrected chi connectivity index (χ1v) is 7.86.